The first-order valence-electron chi connectivity index (χ1n) is 10.0. The summed E-state index contributed by atoms with van der Waals surface area (Å²) in [5.41, 5.74) is 2.98. The Bertz CT molecular complexity index is 933. The number of guanidine groups is 1. The maximum absolute atomic E-state index is 14.0. The van der Waals surface area contributed by atoms with Crippen molar-refractivity contribution in [3.8, 4) is 11.8 Å². The van der Waals surface area contributed by atoms with Crippen LogP contribution >= 0.6 is 0 Å². The summed E-state index contributed by atoms with van der Waals surface area (Å²) in [6, 6.07) is 12.4. The zero-order chi connectivity index (χ0) is 21.3. The first kappa shape index (κ1) is 21.6. The number of ether oxygens (including phenoxy) is 2. The Morgan fingerprint density at radius 2 is 2.03 bits per heavy atom. The van der Waals surface area contributed by atoms with Gasteiger partial charge in [-0.3, -0.25) is 4.99 Å². The van der Waals surface area contributed by atoms with E-state index in [1.165, 1.54) is 18.2 Å². The van der Waals surface area contributed by atoms with E-state index in [4.69, 9.17) is 14.7 Å². The minimum Gasteiger partial charge on any atom is -0.493 e. The fourth-order valence-corrected chi connectivity index (χ4v) is 3.22. The van der Waals surface area contributed by atoms with Crippen LogP contribution in [0.2, 0.25) is 0 Å². The third-order valence-electron chi connectivity index (χ3n) is 5.01. The number of aryl methyl sites for hydroxylation is 1. The lowest BCUT2D eigenvalue weighted by Gasteiger charge is -2.17. The van der Waals surface area contributed by atoms with Crippen LogP contribution in [-0.4, -0.2) is 32.8 Å². The van der Waals surface area contributed by atoms with Crippen molar-refractivity contribution < 1.29 is 13.9 Å². The molecule has 30 heavy (non-hydrogen) atoms. The molecular formula is C23H27FN4O2. The molecule has 0 spiro atoms. The normalized spacial score (nSPS) is 16.2. The average molecular weight is 410 g/mol. The summed E-state index contributed by atoms with van der Waals surface area (Å²) in [5.74, 6) is 1.45. The van der Waals surface area contributed by atoms with Crippen LogP contribution in [0.3, 0.4) is 0 Å². The van der Waals surface area contributed by atoms with Gasteiger partial charge in [-0.2, -0.15) is 5.26 Å². The Balaban J connectivity index is 1.58. The number of aliphatic imine (C=N–C) groups is 1. The zero-order valence-corrected chi connectivity index (χ0v) is 17.4. The van der Waals surface area contributed by atoms with Gasteiger partial charge in [-0.25, -0.2) is 4.39 Å². The van der Waals surface area contributed by atoms with E-state index < -0.39 is 0 Å². The van der Waals surface area contributed by atoms with Gasteiger partial charge < -0.3 is 20.1 Å². The highest BCUT2D eigenvalue weighted by Gasteiger charge is 2.17. The zero-order valence-electron chi connectivity index (χ0n) is 17.4. The van der Waals surface area contributed by atoms with Gasteiger partial charge in [0.05, 0.1) is 24.8 Å². The third-order valence-corrected chi connectivity index (χ3v) is 5.01. The van der Waals surface area contributed by atoms with E-state index in [0.29, 0.717) is 36.2 Å². The van der Waals surface area contributed by atoms with E-state index >= 15 is 0 Å². The van der Waals surface area contributed by atoms with Gasteiger partial charge in [0.15, 0.2) is 5.96 Å². The molecule has 1 saturated heterocycles. The molecule has 1 fully saturated rings. The predicted molar refractivity (Wildman–Crippen MR) is 114 cm³/mol. The van der Waals surface area contributed by atoms with Crippen molar-refractivity contribution in [1.29, 1.82) is 5.26 Å². The molecule has 3 rings (SSSR count). The topological polar surface area (TPSA) is 78.7 Å². The second kappa shape index (κ2) is 10.6. The van der Waals surface area contributed by atoms with E-state index in [-0.39, 0.29) is 12.4 Å². The SMILES string of the molecule is CN=C(NCc1cc(C#N)ccc1F)NCc1ccc(C)cc1OCC1CCOC1. The summed E-state index contributed by atoms with van der Waals surface area (Å²) in [7, 11) is 1.66. The lowest BCUT2D eigenvalue weighted by molar-refractivity contribution is 0.166. The van der Waals surface area contributed by atoms with Crippen LogP contribution in [0.15, 0.2) is 41.4 Å². The maximum atomic E-state index is 14.0. The Morgan fingerprint density at radius 3 is 2.73 bits per heavy atom. The summed E-state index contributed by atoms with van der Waals surface area (Å²) in [6.07, 6.45) is 1.03. The van der Waals surface area contributed by atoms with Gasteiger partial charge >= 0.3 is 0 Å². The van der Waals surface area contributed by atoms with Crippen molar-refractivity contribution in [1.82, 2.24) is 10.6 Å². The second-order valence-corrected chi connectivity index (χ2v) is 7.35. The van der Waals surface area contributed by atoms with Crippen molar-refractivity contribution >= 4 is 5.96 Å². The van der Waals surface area contributed by atoms with Gasteiger partial charge in [-0.05, 0) is 43.2 Å². The minimum absolute atomic E-state index is 0.222. The number of nitrogens with zero attached hydrogens (tertiary/aromatic N) is 2. The Morgan fingerprint density at radius 1 is 1.23 bits per heavy atom. The molecule has 1 unspecified atom stereocenters. The van der Waals surface area contributed by atoms with Crippen LogP contribution < -0.4 is 15.4 Å². The molecule has 1 aliphatic rings. The molecule has 158 valence electrons. The molecule has 0 bridgehead atoms. The minimum atomic E-state index is -0.359. The fourth-order valence-electron chi connectivity index (χ4n) is 3.22. The molecule has 2 aromatic rings. The van der Waals surface area contributed by atoms with Gasteiger partial charge in [-0.1, -0.05) is 12.1 Å². The van der Waals surface area contributed by atoms with Gasteiger partial charge in [-0.15, -0.1) is 0 Å². The van der Waals surface area contributed by atoms with E-state index in [1.807, 2.05) is 31.2 Å². The maximum Gasteiger partial charge on any atom is 0.191 e. The number of nitrogens with one attached hydrogen (secondary N) is 2. The number of halogens is 1. The molecule has 1 aliphatic heterocycles. The van der Waals surface area contributed by atoms with Crippen molar-refractivity contribution in [2.45, 2.75) is 26.4 Å². The molecule has 2 N–H and O–H groups in total. The van der Waals surface area contributed by atoms with Crippen molar-refractivity contribution in [2.24, 2.45) is 10.9 Å². The summed E-state index contributed by atoms with van der Waals surface area (Å²) in [6.45, 7) is 4.96. The first-order chi connectivity index (χ1) is 14.6. The monoisotopic (exact) mass is 410 g/mol. The Labute approximate surface area is 176 Å². The highest BCUT2D eigenvalue weighted by atomic mass is 19.1. The molecule has 0 saturated carbocycles. The molecule has 6 nitrogen and oxygen atoms in total. The average Bonchev–Trinajstić information content (AvgIpc) is 3.28. The number of hydrogen-bond donors (Lipinski definition) is 2. The quantitative estimate of drug-likeness (QED) is 0.541. The second-order valence-electron chi connectivity index (χ2n) is 7.35. The van der Waals surface area contributed by atoms with Gasteiger partial charge in [0.2, 0.25) is 0 Å². The largest absolute Gasteiger partial charge is 0.493 e. The van der Waals surface area contributed by atoms with Crippen molar-refractivity contribution in [2.75, 3.05) is 26.9 Å². The highest BCUT2D eigenvalue weighted by molar-refractivity contribution is 5.79. The predicted octanol–water partition coefficient (Wildman–Crippen LogP) is 3.29. The third kappa shape index (κ3) is 5.94. The van der Waals surface area contributed by atoms with Crippen LogP contribution in [0.4, 0.5) is 4.39 Å². The van der Waals surface area contributed by atoms with Crippen molar-refractivity contribution in [3.63, 3.8) is 0 Å². The van der Waals surface area contributed by atoms with Crippen LogP contribution in [0.1, 0.15) is 28.7 Å². The first-order valence-corrected chi connectivity index (χ1v) is 10.0. The Hall–Kier alpha value is -3.11. The standard InChI is InChI=1S/C23H27FN4O2/c1-16-3-5-19(22(9-16)30-15-18-7-8-29-14-18)12-27-23(26-2)28-13-20-10-17(11-25)4-6-21(20)24/h3-6,9-10,18H,7-8,12-15H2,1-2H3,(H2,26,27,28). The molecule has 0 amide bonds. The Kier molecular flexibility index (Phi) is 7.63. The van der Waals surface area contributed by atoms with Crippen LogP contribution in [0.5, 0.6) is 5.75 Å². The summed E-state index contributed by atoms with van der Waals surface area (Å²) in [4.78, 5) is 4.20. The van der Waals surface area contributed by atoms with Crippen LogP contribution in [0, 0.1) is 30.0 Å². The smallest absolute Gasteiger partial charge is 0.191 e. The molecule has 0 aliphatic carbocycles. The van der Waals surface area contributed by atoms with E-state index in [9.17, 15) is 4.39 Å². The van der Waals surface area contributed by atoms with Gasteiger partial charge in [0.25, 0.3) is 0 Å². The molecule has 0 radical (unpaired) electrons. The summed E-state index contributed by atoms with van der Waals surface area (Å²) >= 11 is 0. The molecule has 1 heterocycles. The molecule has 0 aromatic heterocycles. The van der Waals surface area contributed by atoms with Gasteiger partial charge in [0, 0.05) is 43.8 Å². The van der Waals surface area contributed by atoms with Crippen molar-refractivity contribution in [3.05, 3.63) is 64.5 Å². The van der Waals surface area contributed by atoms with E-state index in [1.54, 1.807) is 7.05 Å². The summed E-state index contributed by atoms with van der Waals surface area (Å²) < 4.78 is 25.5. The lowest BCUT2D eigenvalue weighted by Crippen LogP contribution is -2.36. The molecule has 2 aromatic carbocycles. The van der Waals surface area contributed by atoms with E-state index in [0.717, 1.165) is 36.5 Å². The molecule has 7 heteroatoms. The lowest BCUT2D eigenvalue weighted by atomic mass is 10.1. The highest BCUT2D eigenvalue weighted by Crippen LogP contribution is 2.22. The van der Waals surface area contributed by atoms with E-state index in [2.05, 4.69) is 15.6 Å². The molecule has 1 atom stereocenters. The van der Waals surface area contributed by atoms with Gasteiger partial charge in [0.1, 0.15) is 11.6 Å². The van der Waals surface area contributed by atoms with Crippen LogP contribution in [-0.2, 0) is 17.8 Å². The number of rotatable bonds is 7. The number of hydrogen-bond acceptors (Lipinski definition) is 4. The van der Waals surface area contributed by atoms with Crippen LogP contribution in [0.25, 0.3) is 0 Å². The summed E-state index contributed by atoms with van der Waals surface area (Å²) in [5, 5.41) is 15.3. The fraction of sp³-hybridized carbons (Fsp3) is 0.391. The number of benzene rings is 2. The molecular weight excluding hydrogens is 383 g/mol. The number of nitriles is 1.